The molecule has 0 saturated carbocycles. The zero-order valence-corrected chi connectivity index (χ0v) is 19.6. The SMILES string of the molecule is O=C([C@@H]1CCNC[C@H]1c1ccccc1)N1CCC(O)(Cc2ccccc2-c2ccsn2)CC1. The Kier molecular flexibility index (Phi) is 6.58. The van der Waals surface area contributed by atoms with Crippen LogP contribution in [-0.2, 0) is 11.2 Å². The van der Waals surface area contributed by atoms with E-state index >= 15 is 0 Å². The van der Waals surface area contributed by atoms with E-state index < -0.39 is 5.60 Å². The molecule has 0 aliphatic carbocycles. The van der Waals surface area contributed by atoms with Gasteiger partial charge in [-0.15, -0.1) is 0 Å². The maximum atomic E-state index is 13.5. The van der Waals surface area contributed by atoms with E-state index in [1.54, 1.807) is 0 Å². The third-order valence-electron chi connectivity index (χ3n) is 7.28. The molecule has 172 valence electrons. The molecule has 3 heterocycles. The third-order valence-corrected chi connectivity index (χ3v) is 7.84. The largest absolute Gasteiger partial charge is 0.389 e. The van der Waals surface area contributed by atoms with E-state index in [4.69, 9.17) is 0 Å². The van der Waals surface area contributed by atoms with E-state index in [0.717, 1.165) is 36.3 Å². The van der Waals surface area contributed by atoms with Gasteiger partial charge >= 0.3 is 0 Å². The molecule has 0 bridgehead atoms. The van der Waals surface area contributed by atoms with Crippen molar-refractivity contribution in [1.82, 2.24) is 14.6 Å². The summed E-state index contributed by atoms with van der Waals surface area (Å²) < 4.78 is 4.48. The van der Waals surface area contributed by atoms with Crippen LogP contribution in [0.25, 0.3) is 11.3 Å². The summed E-state index contributed by atoms with van der Waals surface area (Å²) in [6.45, 7) is 2.94. The quantitative estimate of drug-likeness (QED) is 0.600. The first kappa shape index (κ1) is 22.3. The number of carbonyl (C=O) groups excluding carboxylic acids is 1. The molecule has 2 N–H and O–H groups in total. The summed E-state index contributed by atoms with van der Waals surface area (Å²) in [5, 5.41) is 16.9. The number of nitrogens with zero attached hydrogens (tertiary/aromatic N) is 2. The Balaban J connectivity index is 1.26. The van der Waals surface area contributed by atoms with Gasteiger partial charge in [0.1, 0.15) is 0 Å². The van der Waals surface area contributed by atoms with Gasteiger partial charge in [-0.3, -0.25) is 4.79 Å². The lowest BCUT2D eigenvalue weighted by Crippen LogP contribution is -2.51. The van der Waals surface area contributed by atoms with Crippen LogP contribution >= 0.6 is 11.5 Å². The Morgan fingerprint density at radius 1 is 1.09 bits per heavy atom. The molecule has 1 amide bonds. The lowest BCUT2D eigenvalue weighted by Gasteiger charge is -2.41. The van der Waals surface area contributed by atoms with Crippen molar-refractivity contribution in [3.63, 3.8) is 0 Å². The average Bonchev–Trinajstić information content (AvgIpc) is 3.40. The van der Waals surface area contributed by atoms with Gasteiger partial charge in [0, 0.05) is 48.8 Å². The van der Waals surface area contributed by atoms with E-state index in [1.807, 2.05) is 34.5 Å². The van der Waals surface area contributed by atoms with E-state index in [0.29, 0.717) is 32.4 Å². The van der Waals surface area contributed by atoms with Gasteiger partial charge in [0.25, 0.3) is 0 Å². The minimum atomic E-state index is -0.796. The van der Waals surface area contributed by atoms with Crippen LogP contribution < -0.4 is 5.32 Å². The van der Waals surface area contributed by atoms with Gasteiger partial charge in [0.2, 0.25) is 5.91 Å². The fraction of sp³-hybridized carbons (Fsp3) is 0.407. The number of benzene rings is 2. The van der Waals surface area contributed by atoms with Gasteiger partial charge in [-0.1, -0.05) is 54.6 Å². The maximum Gasteiger partial charge on any atom is 0.226 e. The summed E-state index contributed by atoms with van der Waals surface area (Å²) >= 11 is 1.44. The normalized spacial score (nSPS) is 22.8. The van der Waals surface area contributed by atoms with Gasteiger partial charge in [0.15, 0.2) is 0 Å². The minimum Gasteiger partial charge on any atom is -0.389 e. The van der Waals surface area contributed by atoms with Crippen molar-refractivity contribution < 1.29 is 9.90 Å². The Morgan fingerprint density at radius 3 is 2.61 bits per heavy atom. The second-order valence-corrected chi connectivity index (χ2v) is 10.1. The molecular formula is C27H31N3O2S. The molecule has 2 aliphatic heterocycles. The van der Waals surface area contributed by atoms with Crippen LogP contribution in [0.15, 0.2) is 66.0 Å². The lowest BCUT2D eigenvalue weighted by molar-refractivity contribution is -0.141. The zero-order chi connectivity index (χ0) is 22.7. The minimum absolute atomic E-state index is 0.00485. The van der Waals surface area contributed by atoms with Gasteiger partial charge in [-0.25, -0.2) is 0 Å². The zero-order valence-electron chi connectivity index (χ0n) is 18.8. The highest BCUT2D eigenvalue weighted by molar-refractivity contribution is 7.03. The summed E-state index contributed by atoms with van der Waals surface area (Å²) in [7, 11) is 0. The third kappa shape index (κ3) is 4.88. The van der Waals surface area contributed by atoms with Crippen LogP contribution in [0.5, 0.6) is 0 Å². The maximum absolute atomic E-state index is 13.5. The molecule has 1 aromatic heterocycles. The summed E-state index contributed by atoms with van der Waals surface area (Å²) in [6.07, 6.45) is 2.65. The fourth-order valence-electron chi connectivity index (χ4n) is 5.39. The molecule has 2 aromatic carbocycles. The molecule has 2 fully saturated rings. The molecule has 5 nitrogen and oxygen atoms in total. The molecular weight excluding hydrogens is 430 g/mol. The molecule has 0 radical (unpaired) electrons. The van der Waals surface area contributed by atoms with Gasteiger partial charge in [-0.2, -0.15) is 4.37 Å². The summed E-state index contributed by atoms with van der Waals surface area (Å²) in [5.74, 6) is 0.457. The number of likely N-dealkylation sites (tertiary alicyclic amines) is 1. The first-order valence-corrected chi connectivity index (χ1v) is 12.7. The van der Waals surface area contributed by atoms with Gasteiger partial charge in [-0.05, 0) is 54.5 Å². The van der Waals surface area contributed by atoms with Crippen molar-refractivity contribution in [1.29, 1.82) is 0 Å². The molecule has 0 spiro atoms. The predicted molar refractivity (Wildman–Crippen MR) is 132 cm³/mol. The molecule has 6 heteroatoms. The Labute approximate surface area is 199 Å². The number of amides is 1. The number of hydrogen-bond donors (Lipinski definition) is 2. The number of nitrogens with one attached hydrogen (secondary N) is 1. The number of aliphatic hydroxyl groups is 1. The Morgan fingerprint density at radius 2 is 1.85 bits per heavy atom. The number of piperidine rings is 2. The van der Waals surface area contributed by atoms with Crippen LogP contribution in [0.3, 0.4) is 0 Å². The van der Waals surface area contributed by atoms with Crippen molar-refractivity contribution in [3.8, 4) is 11.3 Å². The van der Waals surface area contributed by atoms with Gasteiger partial charge in [0.05, 0.1) is 11.3 Å². The van der Waals surface area contributed by atoms with Crippen LogP contribution in [0.2, 0.25) is 0 Å². The van der Waals surface area contributed by atoms with Crippen molar-refractivity contribution in [2.45, 2.75) is 37.2 Å². The topological polar surface area (TPSA) is 65.5 Å². The average molecular weight is 462 g/mol. The highest BCUT2D eigenvalue weighted by Crippen LogP contribution is 2.35. The van der Waals surface area contributed by atoms with Crippen LogP contribution in [-0.4, -0.2) is 52.1 Å². The standard InChI is InChI=1S/C27H31N3O2S/c31-26(23-10-14-28-19-24(23)20-6-2-1-3-7-20)30-15-12-27(32,13-16-30)18-21-8-4-5-9-22(21)25-11-17-33-29-25/h1-9,11,17,23-24,28,32H,10,12-16,18-19H2/t23-,24+/m1/s1. The highest BCUT2D eigenvalue weighted by Gasteiger charge is 2.39. The lowest BCUT2D eigenvalue weighted by atomic mass is 9.79. The van der Waals surface area contributed by atoms with Gasteiger partial charge < -0.3 is 15.3 Å². The van der Waals surface area contributed by atoms with Crippen LogP contribution in [0.1, 0.15) is 36.3 Å². The predicted octanol–water partition coefficient (Wildman–Crippen LogP) is 4.10. The molecule has 5 rings (SSSR count). The van der Waals surface area contributed by atoms with E-state index in [9.17, 15) is 9.90 Å². The van der Waals surface area contributed by atoms with E-state index in [1.165, 1.54) is 17.1 Å². The molecule has 0 unspecified atom stereocenters. The van der Waals surface area contributed by atoms with Crippen LogP contribution in [0, 0.1) is 5.92 Å². The molecule has 33 heavy (non-hydrogen) atoms. The fourth-order valence-corrected chi connectivity index (χ4v) is 5.91. The highest BCUT2D eigenvalue weighted by atomic mass is 32.1. The number of hydrogen-bond acceptors (Lipinski definition) is 5. The molecule has 2 atom stereocenters. The summed E-state index contributed by atoms with van der Waals surface area (Å²) in [4.78, 5) is 15.5. The molecule has 2 aliphatic rings. The monoisotopic (exact) mass is 461 g/mol. The van der Waals surface area contributed by atoms with E-state index in [2.05, 4.69) is 46.1 Å². The van der Waals surface area contributed by atoms with Crippen molar-refractivity contribution in [2.75, 3.05) is 26.2 Å². The molecule has 3 aromatic rings. The summed E-state index contributed by atoms with van der Waals surface area (Å²) in [5.41, 5.74) is 3.61. The van der Waals surface area contributed by atoms with Crippen LogP contribution in [0.4, 0.5) is 0 Å². The van der Waals surface area contributed by atoms with E-state index in [-0.39, 0.29) is 17.7 Å². The molecule has 2 saturated heterocycles. The second-order valence-electron chi connectivity index (χ2n) is 9.38. The Bertz CT molecular complexity index is 1060. The van der Waals surface area contributed by atoms with Crippen molar-refractivity contribution in [2.24, 2.45) is 5.92 Å². The smallest absolute Gasteiger partial charge is 0.226 e. The second kappa shape index (κ2) is 9.75. The first-order valence-electron chi connectivity index (χ1n) is 11.9. The first-order chi connectivity index (χ1) is 16.1. The number of carbonyl (C=O) groups is 1. The summed E-state index contributed by atoms with van der Waals surface area (Å²) in [6, 6.07) is 20.6. The number of aromatic nitrogens is 1. The Hall–Kier alpha value is -2.54. The van der Waals surface area contributed by atoms with Crippen molar-refractivity contribution >= 4 is 17.4 Å². The number of rotatable bonds is 5. The van der Waals surface area contributed by atoms with Crippen molar-refractivity contribution in [3.05, 3.63) is 77.2 Å².